The fourth-order valence-electron chi connectivity index (χ4n) is 3.01. The molecule has 0 saturated carbocycles. The van der Waals surface area contributed by atoms with E-state index in [1.807, 2.05) is 30.1 Å². The van der Waals surface area contributed by atoms with Crippen LogP contribution in [0.2, 0.25) is 5.02 Å². The average Bonchev–Trinajstić information content (AvgIpc) is 2.97. The number of benzene rings is 1. The minimum Gasteiger partial charge on any atom is -0.351 e. The number of nitrogens with zero attached hydrogens (tertiary/aromatic N) is 3. The summed E-state index contributed by atoms with van der Waals surface area (Å²) < 4.78 is 0. The molecule has 1 N–H and O–H groups in total. The molecule has 1 aliphatic heterocycles. The number of halogens is 1. The first kappa shape index (κ1) is 16.8. The SMILES string of the molecule is CN(C)C(=O)C1CN(C(=O)c2cc3cc(Cl)ccc3[nH]2)CCN1C. The van der Waals surface area contributed by atoms with Crippen molar-refractivity contribution in [3.8, 4) is 0 Å². The van der Waals surface area contributed by atoms with Crippen molar-refractivity contribution in [3.63, 3.8) is 0 Å². The second-order valence-electron chi connectivity index (χ2n) is 6.39. The van der Waals surface area contributed by atoms with Crippen molar-refractivity contribution in [2.24, 2.45) is 0 Å². The second-order valence-corrected chi connectivity index (χ2v) is 6.83. The molecule has 1 unspecified atom stereocenters. The van der Waals surface area contributed by atoms with Crippen molar-refractivity contribution >= 4 is 34.3 Å². The van der Waals surface area contributed by atoms with Gasteiger partial charge in [0.1, 0.15) is 11.7 Å². The van der Waals surface area contributed by atoms with Crippen LogP contribution in [0.1, 0.15) is 10.5 Å². The Hall–Kier alpha value is -2.05. The van der Waals surface area contributed by atoms with Crippen LogP contribution >= 0.6 is 11.6 Å². The Balaban J connectivity index is 1.82. The molecule has 1 aromatic heterocycles. The number of hydrogen-bond acceptors (Lipinski definition) is 3. The number of amides is 2. The standard InChI is InChI=1S/C17H21ClN4O2/c1-20(2)17(24)15-10-22(7-6-21(15)3)16(23)14-9-11-8-12(18)4-5-13(11)19-14/h4-5,8-9,15,19H,6-7,10H2,1-3H3. The van der Waals surface area contributed by atoms with E-state index in [1.54, 1.807) is 30.0 Å². The van der Waals surface area contributed by atoms with E-state index in [9.17, 15) is 9.59 Å². The number of hydrogen-bond donors (Lipinski definition) is 1. The molecule has 2 heterocycles. The molecule has 0 bridgehead atoms. The quantitative estimate of drug-likeness (QED) is 0.898. The Morgan fingerprint density at radius 3 is 2.71 bits per heavy atom. The highest BCUT2D eigenvalue weighted by Gasteiger charge is 2.33. The Morgan fingerprint density at radius 2 is 2.00 bits per heavy atom. The third-order valence-corrected chi connectivity index (χ3v) is 4.71. The number of fused-ring (bicyclic) bond motifs is 1. The first-order valence-corrected chi connectivity index (χ1v) is 8.23. The van der Waals surface area contributed by atoms with Crippen LogP contribution in [-0.2, 0) is 4.79 Å². The fraction of sp³-hybridized carbons (Fsp3) is 0.412. The second kappa shape index (κ2) is 6.45. The van der Waals surface area contributed by atoms with Gasteiger partial charge in [0.15, 0.2) is 0 Å². The number of rotatable bonds is 2. The van der Waals surface area contributed by atoms with Crippen molar-refractivity contribution in [1.82, 2.24) is 19.7 Å². The maximum absolute atomic E-state index is 12.8. The van der Waals surface area contributed by atoms with Gasteiger partial charge in [-0.2, -0.15) is 0 Å². The summed E-state index contributed by atoms with van der Waals surface area (Å²) in [6.45, 7) is 1.66. The molecule has 2 amide bonds. The van der Waals surface area contributed by atoms with Gasteiger partial charge >= 0.3 is 0 Å². The molecular formula is C17H21ClN4O2. The van der Waals surface area contributed by atoms with Crippen molar-refractivity contribution in [2.45, 2.75) is 6.04 Å². The lowest BCUT2D eigenvalue weighted by molar-refractivity contribution is -0.135. The molecule has 2 aromatic rings. The van der Waals surface area contributed by atoms with Crippen LogP contribution in [0, 0.1) is 0 Å². The van der Waals surface area contributed by atoms with Crippen molar-refractivity contribution in [2.75, 3.05) is 40.8 Å². The van der Waals surface area contributed by atoms with Gasteiger partial charge in [-0.15, -0.1) is 0 Å². The van der Waals surface area contributed by atoms with Crippen molar-refractivity contribution in [1.29, 1.82) is 0 Å². The summed E-state index contributed by atoms with van der Waals surface area (Å²) in [7, 11) is 5.38. The normalized spacial score (nSPS) is 18.8. The zero-order chi connectivity index (χ0) is 17.4. The minimum atomic E-state index is -0.309. The van der Waals surface area contributed by atoms with Crippen LogP contribution in [0.5, 0.6) is 0 Å². The van der Waals surface area contributed by atoms with Crippen LogP contribution in [0.4, 0.5) is 0 Å². The highest BCUT2D eigenvalue weighted by molar-refractivity contribution is 6.31. The molecule has 1 fully saturated rings. The molecule has 0 spiro atoms. The number of aromatic amines is 1. The van der Waals surface area contributed by atoms with Crippen molar-refractivity contribution in [3.05, 3.63) is 35.0 Å². The maximum Gasteiger partial charge on any atom is 0.270 e. The van der Waals surface area contributed by atoms with Crippen LogP contribution < -0.4 is 0 Å². The van der Waals surface area contributed by atoms with Gasteiger partial charge in [0.05, 0.1) is 0 Å². The van der Waals surface area contributed by atoms with Crippen molar-refractivity contribution < 1.29 is 9.59 Å². The Kier molecular flexibility index (Phi) is 4.51. The maximum atomic E-state index is 12.8. The van der Waals surface area contributed by atoms with Crippen LogP contribution in [0.15, 0.2) is 24.3 Å². The predicted octanol–water partition coefficient (Wildman–Crippen LogP) is 1.67. The number of carbonyl (C=O) groups excluding carboxylic acids is 2. The van der Waals surface area contributed by atoms with Crippen LogP contribution in [0.3, 0.4) is 0 Å². The lowest BCUT2D eigenvalue weighted by atomic mass is 10.1. The summed E-state index contributed by atoms with van der Waals surface area (Å²) in [6.07, 6.45) is 0. The van der Waals surface area contributed by atoms with E-state index in [0.29, 0.717) is 30.4 Å². The van der Waals surface area contributed by atoms with Crippen LogP contribution in [-0.4, -0.2) is 78.3 Å². The number of carbonyl (C=O) groups is 2. The molecule has 0 radical (unpaired) electrons. The molecule has 1 aliphatic rings. The minimum absolute atomic E-state index is 0.0124. The molecule has 6 nitrogen and oxygen atoms in total. The van der Waals surface area contributed by atoms with E-state index >= 15 is 0 Å². The highest BCUT2D eigenvalue weighted by Crippen LogP contribution is 2.21. The molecule has 3 rings (SSSR count). The summed E-state index contributed by atoms with van der Waals surface area (Å²) in [5.41, 5.74) is 1.39. The summed E-state index contributed by atoms with van der Waals surface area (Å²) >= 11 is 6.00. The van der Waals surface area contributed by atoms with Gasteiger partial charge < -0.3 is 14.8 Å². The average molecular weight is 349 g/mol. The molecule has 1 saturated heterocycles. The van der Waals surface area contributed by atoms with E-state index in [1.165, 1.54) is 0 Å². The highest BCUT2D eigenvalue weighted by atomic mass is 35.5. The van der Waals surface area contributed by atoms with Crippen LogP contribution in [0.25, 0.3) is 10.9 Å². The van der Waals surface area contributed by atoms with E-state index < -0.39 is 0 Å². The van der Waals surface area contributed by atoms with Gasteiger partial charge in [0.25, 0.3) is 5.91 Å². The first-order valence-electron chi connectivity index (χ1n) is 7.86. The molecule has 128 valence electrons. The summed E-state index contributed by atoms with van der Waals surface area (Å²) in [6, 6.07) is 6.97. The zero-order valence-electron chi connectivity index (χ0n) is 14.0. The summed E-state index contributed by atoms with van der Waals surface area (Å²) in [5, 5.41) is 1.54. The Morgan fingerprint density at radius 1 is 1.25 bits per heavy atom. The molecular weight excluding hydrogens is 328 g/mol. The number of piperazine rings is 1. The van der Waals surface area contributed by atoms with Gasteiger partial charge in [-0.25, -0.2) is 0 Å². The summed E-state index contributed by atoms with van der Waals surface area (Å²) in [4.78, 5) is 33.6. The fourth-order valence-corrected chi connectivity index (χ4v) is 3.19. The lowest BCUT2D eigenvalue weighted by Gasteiger charge is -2.39. The number of nitrogens with one attached hydrogen (secondary N) is 1. The van der Waals surface area contributed by atoms with Gasteiger partial charge in [-0.05, 0) is 31.3 Å². The van der Waals surface area contributed by atoms with E-state index in [-0.39, 0.29) is 17.9 Å². The Bertz CT molecular complexity index is 786. The zero-order valence-corrected chi connectivity index (χ0v) is 14.8. The predicted molar refractivity (Wildman–Crippen MR) is 94.3 cm³/mol. The van der Waals surface area contributed by atoms with E-state index in [4.69, 9.17) is 11.6 Å². The first-order chi connectivity index (χ1) is 11.4. The third kappa shape index (κ3) is 3.12. The number of aromatic nitrogens is 1. The molecule has 0 aliphatic carbocycles. The molecule has 7 heteroatoms. The summed E-state index contributed by atoms with van der Waals surface area (Å²) in [5.74, 6) is -0.0783. The number of likely N-dealkylation sites (N-methyl/N-ethyl adjacent to an activating group) is 2. The lowest BCUT2D eigenvalue weighted by Crippen LogP contribution is -2.58. The topological polar surface area (TPSA) is 59.7 Å². The van der Waals surface area contributed by atoms with E-state index in [0.717, 1.165) is 10.9 Å². The van der Waals surface area contributed by atoms with Gasteiger partial charge in [0.2, 0.25) is 5.91 Å². The third-order valence-electron chi connectivity index (χ3n) is 4.47. The van der Waals surface area contributed by atoms with Gasteiger partial charge in [-0.3, -0.25) is 14.5 Å². The monoisotopic (exact) mass is 348 g/mol. The molecule has 1 atom stereocenters. The molecule has 1 aromatic carbocycles. The largest absolute Gasteiger partial charge is 0.351 e. The molecule has 24 heavy (non-hydrogen) atoms. The smallest absolute Gasteiger partial charge is 0.270 e. The Labute approximate surface area is 146 Å². The van der Waals surface area contributed by atoms with E-state index in [2.05, 4.69) is 4.98 Å². The van der Waals surface area contributed by atoms with Gasteiger partial charge in [-0.1, -0.05) is 11.6 Å². The van der Waals surface area contributed by atoms with Gasteiger partial charge in [0, 0.05) is 49.7 Å². The number of H-pyrrole nitrogens is 1.